The van der Waals surface area contributed by atoms with Crippen LogP contribution in [-0.4, -0.2) is 67.1 Å². The van der Waals surface area contributed by atoms with Crippen LogP contribution in [0.15, 0.2) is 53.7 Å². The number of ether oxygens (including phenoxy) is 1. The first-order valence-electron chi connectivity index (χ1n) is 9.52. The number of hydrogen-bond acceptors (Lipinski definition) is 4. The fourth-order valence-corrected chi connectivity index (χ4v) is 3.19. The largest absolute Gasteiger partial charge is 0.492 e. The molecule has 0 spiro atoms. The van der Waals surface area contributed by atoms with Crippen molar-refractivity contribution in [3.8, 4) is 5.75 Å². The minimum Gasteiger partial charge on any atom is -0.492 e. The molecule has 144 valence electrons. The summed E-state index contributed by atoms with van der Waals surface area (Å²) in [5.74, 6) is 1.88. The number of hydrogen-bond donors (Lipinski definition) is 1. The number of pyridine rings is 1. The Bertz CT molecular complexity index is 726. The van der Waals surface area contributed by atoms with Crippen molar-refractivity contribution < 1.29 is 4.74 Å². The molecule has 27 heavy (non-hydrogen) atoms. The van der Waals surface area contributed by atoms with Gasteiger partial charge in [0.2, 0.25) is 0 Å². The van der Waals surface area contributed by atoms with Gasteiger partial charge in [0.1, 0.15) is 12.4 Å². The van der Waals surface area contributed by atoms with E-state index in [1.54, 1.807) is 0 Å². The van der Waals surface area contributed by atoms with Crippen LogP contribution in [0.2, 0.25) is 0 Å². The van der Waals surface area contributed by atoms with Gasteiger partial charge in [0.25, 0.3) is 0 Å². The molecule has 2 heterocycles. The fraction of sp³-hybridized carbons (Fsp3) is 0.429. The maximum atomic E-state index is 5.80. The molecule has 1 aromatic heterocycles. The normalized spacial score (nSPS) is 15.6. The lowest BCUT2D eigenvalue weighted by Crippen LogP contribution is -2.52. The molecule has 0 saturated carbocycles. The van der Waals surface area contributed by atoms with E-state index >= 15 is 0 Å². The fourth-order valence-electron chi connectivity index (χ4n) is 3.19. The van der Waals surface area contributed by atoms with Crippen LogP contribution in [0.4, 0.5) is 0 Å². The molecule has 1 aromatic carbocycles. The van der Waals surface area contributed by atoms with Crippen molar-refractivity contribution in [2.45, 2.75) is 13.5 Å². The average molecular weight is 367 g/mol. The summed E-state index contributed by atoms with van der Waals surface area (Å²) in [6, 6.07) is 14.0. The quantitative estimate of drug-likeness (QED) is 0.626. The molecule has 2 aromatic rings. The second-order valence-corrected chi connectivity index (χ2v) is 6.66. The number of para-hydroxylation sites is 1. The van der Waals surface area contributed by atoms with Crippen LogP contribution >= 0.6 is 0 Å². The molecule has 0 aliphatic carbocycles. The smallest absolute Gasteiger partial charge is 0.194 e. The van der Waals surface area contributed by atoms with E-state index < -0.39 is 0 Å². The van der Waals surface area contributed by atoms with Gasteiger partial charge in [0.05, 0.1) is 12.2 Å². The molecule has 1 aliphatic rings. The first kappa shape index (κ1) is 19.2. The third-order valence-electron chi connectivity index (χ3n) is 4.83. The van der Waals surface area contributed by atoms with Crippen molar-refractivity contribution in [2.75, 3.05) is 46.4 Å². The minimum absolute atomic E-state index is 0.699. The van der Waals surface area contributed by atoms with Crippen LogP contribution in [0, 0.1) is 6.92 Å². The highest BCUT2D eigenvalue weighted by Gasteiger charge is 2.19. The van der Waals surface area contributed by atoms with E-state index in [1.165, 1.54) is 5.56 Å². The van der Waals surface area contributed by atoms with Crippen molar-refractivity contribution in [3.63, 3.8) is 0 Å². The zero-order valence-corrected chi connectivity index (χ0v) is 16.3. The molecule has 1 saturated heterocycles. The molecule has 0 bridgehead atoms. The Balaban J connectivity index is 1.40. The Kier molecular flexibility index (Phi) is 7.04. The van der Waals surface area contributed by atoms with Crippen LogP contribution in [0.3, 0.4) is 0 Å². The lowest BCUT2D eigenvalue weighted by Gasteiger charge is -2.36. The number of rotatable bonds is 6. The summed E-state index contributed by atoms with van der Waals surface area (Å²) in [5.41, 5.74) is 2.26. The van der Waals surface area contributed by atoms with Gasteiger partial charge in [-0.25, -0.2) is 0 Å². The first-order chi connectivity index (χ1) is 13.3. The topological polar surface area (TPSA) is 53.0 Å². The highest BCUT2D eigenvalue weighted by atomic mass is 16.5. The molecule has 0 unspecified atom stereocenters. The predicted molar refractivity (Wildman–Crippen MR) is 109 cm³/mol. The number of aryl methyl sites for hydroxylation is 1. The van der Waals surface area contributed by atoms with Crippen molar-refractivity contribution in [2.24, 2.45) is 4.99 Å². The summed E-state index contributed by atoms with van der Waals surface area (Å²) < 4.78 is 5.80. The number of aromatic nitrogens is 1. The van der Waals surface area contributed by atoms with Crippen LogP contribution in [0.1, 0.15) is 11.3 Å². The standard InChI is InChI=1S/C21H29N5O/c1-18-7-6-10-23-20(18)17-24-21(22-2)26-13-11-25(12-14-26)15-16-27-19-8-4-3-5-9-19/h3-10H,11-17H2,1-2H3,(H,22,24). The van der Waals surface area contributed by atoms with E-state index in [0.29, 0.717) is 6.54 Å². The summed E-state index contributed by atoms with van der Waals surface area (Å²) in [5, 5.41) is 3.45. The van der Waals surface area contributed by atoms with Crippen LogP contribution in [0.25, 0.3) is 0 Å². The highest BCUT2D eigenvalue weighted by molar-refractivity contribution is 5.80. The van der Waals surface area contributed by atoms with Gasteiger partial charge in [-0.15, -0.1) is 0 Å². The molecule has 1 fully saturated rings. The number of piperazine rings is 1. The van der Waals surface area contributed by atoms with Gasteiger partial charge >= 0.3 is 0 Å². The van der Waals surface area contributed by atoms with Gasteiger partial charge < -0.3 is 15.0 Å². The maximum Gasteiger partial charge on any atom is 0.194 e. The van der Waals surface area contributed by atoms with E-state index in [-0.39, 0.29) is 0 Å². The zero-order chi connectivity index (χ0) is 18.9. The van der Waals surface area contributed by atoms with Crippen LogP contribution in [-0.2, 0) is 6.54 Å². The number of guanidine groups is 1. The monoisotopic (exact) mass is 367 g/mol. The molecular formula is C21H29N5O. The number of benzene rings is 1. The van der Waals surface area contributed by atoms with Gasteiger partial charge in [-0.1, -0.05) is 24.3 Å². The summed E-state index contributed by atoms with van der Waals surface area (Å²) in [6.07, 6.45) is 1.84. The van der Waals surface area contributed by atoms with Gasteiger partial charge in [-0.05, 0) is 30.7 Å². The number of aliphatic imine (C=N–C) groups is 1. The Morgan fingerprint density at radius 1 is 1.11 bits per heavy atom. The van der Waals surface area contributed by atoms with E-state index in [4.69, 9.17) is 4.74 Å². The van der Waals surface area contributed by atoms with Crippen molar-refractivity contribution in [3.05, 3.63) is 59.9 Å². The van der Waals surface area contributed by atoms with E-state index in [2.05, 4.69) is 38.1 Å². The summed E-state index contributed by atoms with van der Waals surface area (Å²) in [4.78, 5) is 13.6. The Hall–Kier alpha value is -2.60. The number of nitrogens with one attached hydrogen (secondary N) is 1. The average Bonchev–Trinajstić information content (AvgIpc) is 2.71. The van der Waals surface area contributed by atoms with Gasteiger partial charge in [0.15, 0.2) is 5.96 Å². The Morgan fingerprint density at radius 3 is 2.59 bits per heavy atom. The van der Waals surface area contributed by atoms with Gasteiger partial charge in [0, 0.05) is 46.0 Å². The third-order valence-corrected chi connectivity index (χ3v) is 4.83. The van der Waals surface area contributed by atoms with Crippen LogP contribution in [0.5, 0.6) is 5.75 Å². The molecule has 1 N–H and O–H groups in total. The molecule has 0 amide bonds. The van der Waals surface area contributed by atoms with Crippen molar-refractivity contribution in [1.29, 1.82) is 0 Å². The summed E-state index contributed by atoms with van der Waals surface area (Å²) in [7, 11) is 1.84. The van der Waals surface area contributed by atoms with Gasteiger partial charge in [-0.2, -0.15) is 0 Å². The first-order valence-corrected chi connectivity index (χ1v) is 9.52. The molecule has 6 nitrogen and oxygen atoms in total. The second-order valence-electron chi connectivity index (χ2n) is 6.66. The van der Waals surface area contributed by atoms with E-state index in [0.717, 1.165) is 56.7 Å². The summed E-state index contributed by atoms with van der Waals surface area (Å²) in [6.45, 7) is 8.41. The van der Waals surface area contributed by atoms with Gasteiger partial charge in [-0.3, -0.25) is 14.9 Å². The zero-order valence-electron chi connectivity index (χ0n) is 16.3. The molecule has 0 radical (unpaired) electrons. The predicted octanol–water partition coefficient (Wildman–Crippen LogP) is 2.16. The van der Waals surface area contributed by atoms with Crippen molar-refractivity contribution >= 4 is 5.96 Å². The number of nitrogens with zero attached hydrogens (tertiary/aromatic N) is 4. The lowest BCUT2D eigenvalue weighted by atomic mass is 10.2. The maximum absolute atomic E-state index is 5.80. The molecule has 0 atom stereocenters. The van der Waals surface area contributed by atoms with E-state index in [9.17, 15) is 0 Å². The molecule has 1 aliphatic heterocycles. The molecular weight excluding hydrogens is 338 g/mol. The Labute approximate surface area is 161 Å². The molecule has 3 rings (SSSR count). The second kappa shape index (κ2) is 9.92. The van der Waals surface area contributed by atoms with Crippen LogP contribution < -0.4 is 10.1 Å². The Morgan fingerprint density at radius 2 is 1.89 bits per heavy atom. The third kappa shape index (κ3) is 5.69. The lowest BCUT2D eigenvalue weighted by molar-refractivity contribution is 0.152. The minimum atomic E-state index is 0.699. The van der Waals surface area contributed by atoms with E-state index in [1.807, 2.05) is 49.6 Å². The summed E-state index contributed by atoms with van der Waals surface area (Å²) >= 11 is 0. The highest BCUT2D eigenvalue weighted by Crippen LogP contribution is 2.09. The SMILES string of the molecule is CN=C(NCc1ncccc1C)N1CCN(CCOc2ccccc2)CC1. The van der Waals surface area contributed by atoms with Crippen molar-refractivity contribution in [1.82, 2.24) is 20.1 Å². The molecule has 6 heteroatoms.